The van der Waals surface area contributed by atoms with E-state index in [1.54, 1.807) is 24.5 Å². The van der Waals surface area contributed by atoms with Gasteiger partial charge in [0.2, 0.25) is 0 Å². The van der Waals surface area contributed by atoms with Crippen LogP contribution in [0.4, 0.5) is 21.6 Å². The molecular formula is C12H7ClFN3. The van der Waals surface area contributed by atoms with Gasteiger partial charge in [0.25, 0.3) is 0 Å². The molecule has 0 bridgehead atoms. The van der Waals surface area contributed by atoms with Gasteiger partial charge in [-0.2, -0.15) is 0 Å². The highest BCUT2D eigenvalue weighted by atomic mass is 35.5. The average Bonchev–Trinajstić information content (AvgIpc) is 2.49. The van der Waals surface area contributed by atoms with Gasteiger partial charge in [-0.15, -0.1) is 0 Å². The summed E-state index contributed by atoms with van der Waals surface area (Å²) in [5.74, 6) is 0.265. The van der Waals surface area contributed by atoms with Gasteiger partial charge in [0.05, 0.1) is 5.02 Å². The number of benzene rings is 1. The Labute approximate surface area is 102 Å². The Morgan fingerprint density at radius 1 is 1.24 bits per heavy atom. The fourth-order valence-electron chi connectivity index (χ4n) is 1.66. The van der Waals surface area contributed by atoms with E-state index < -0.39 is 0 Å². The number of hydrogen-bond acceptors (Lipinski definition) is 3. The molecular weight excluding hydrogens is 241 g/mol. The fraction of sp³-hybridized carbons (Fsp3) is 0. The van der Waals surface area contributed by atoms with Gasteiger partial charge in [-0.3, -0.25) is 4.99 Å². The first-order valence-corrected chi connectivity index (χ1v) is 5.37. The number of anilines is 2. The van der Waals surface area contributed by atoms with Crippen LogP contribution < -0.4 is 5.32 Å². The van der Waals surface area contributed by atoms with Crippen LogP contribution in [0.3, 0.4) is 0 Å². The summed E-state index contributed by atoms with van der Waals surface area (Å²) in [4.78, 5) is 8.38. The third-order valence-electron chi connectivity index (χ3n) is 2.47. The Bertz CT molecular complexity index is 625. The Hall–Kier alpha value is -1.94. The number of hydrogen-bond donors (Lipinski definition) is 1. The second-order valence-corrected chi connectivity index (χ2v) is 4.01. The molecule has 0 fully saturated rings. The van der Waals surface area contributed by atoms with Gasteiger partial charge in [0.1, 0.15) is 11.5 Å². The van der Waals surface area contributed by atoms with Crippen molar-refractivity contribution in [2.24, 2.45) is 4.99 Å². The summed E-state index contributed by atoms with van der Waals surface area (Å²) < 4.78 is 13.1. The zero-order valence-corrected chi connectivity index (χ0v) is 9.37. The lowest BCUT2D eigenvalue weighted by Crippen LogP contribution is -1.95. The summed E-state index contributed by atoms with van der Waals surface area (Å²) in [6, 6.07) is 6.10. The topological polar surface area (TPSA) is 37.3 Å². The zero-order chi connectivity index (χ0) is 11.8. The third kappa shape index (κ3) is 1.76. The van der Waals surface area contributed by atoms with Crippen molar-refractivity contribution in [3.63, 3.8) is 0 Å². The van der Waals surface area contributed by atoms with E-state index in [1.807, 2.05) is 0 Å². The predicted octanol–water partition coefficient (Wildman–Crippen LogP) is 3.68. The summed E-state index contributed by atoms with van der Waals surface area (Å²) in [6.45, 7) is 0. The van der Waals surface area contributed by atoms with Gasteiger partial charge in [0, 0.05) is 23.7 Å². The highest BCUT2D eigenvalue weighted by molar-refractivity contribution is 6.33. The normalized spacial score (nSPS) is 12.4. The molecule has 0 radical (unpaired) electrons. The molecule has 0 amide bonds. The summed E-state index contributed by atoms with van der Waals surface area (Å²) in [5, 5.41) is 3.59. The van der Waals surface area contributed by atoms with Crippen molar-refractivity contribution >= 4 is 35.0 Å². The lowest BCUT2D eigenvalue weighted by molar-refractivity contribution is 0.628. The van der Waals surface area contributed by atoms with Crippen LogP contribution in [-0.4, -0.2) is 11.2 Å². The fourth-order valence-corrected chi connectivity index (χ4v) is 1.86. The molecule has 0 atom stereocenters. The minimum Gasteiger partial charge on any atom is -0.338 e. The molecule has 1 N–H and O–H groups in total. The van der Waals surface area contributed by atoms with Gasteiger partial charge in [-0.25, -0.2) is 9.37 Å². The molecule has 1 aliphatic heterocycles. The van der Waals surface area contributed by atoms with Crippen molar-refractivity contribution < 1.29 is 4.39 Å². The molecule has 1 aromatic heterocycles. The molecule has 1 aliphatic rings. The Kier molecular flexibility index (Phi) is 2.30. The van der Waals surface area contributed by atoms with Crippen molar-refractivity contribution in [2.75, 3.05) is 5.32 Å². The van der Waals surface area contributed by atoms with E-state index in [0.717, 1.165) is 5.69 Å². The van der Waals surface area contributed by atoms with Crippen molar-refractivity contribution in [1.82, 2.24) is 4.98 Å². The van der Waals surface area contributed by atoms with Crippen LogP contribution in [-0.2, 0) is 0 Å². The first-order chi connectivity index (χ1) is 8.24. The van der Waals surface area contributed by atoms with E-state index >= 15 is 0 Å². The molecule has 2 heterocycles. The number of pyridine rings is 1. The monoisotopic (exact) mass is 247 g/mol. The number of nitrogens with one attached hydrogen (secondary N) is 1. The van der Waals surface area contributed by atoms with E-state index in [0.29, 0.717) is 22.1 Å². The summed E-state index contributed by atoms with van der Waals surface area (Å²) >= 11 is 6.02. The maximum absolute atomic E-state index is 13.1. The van der Waals surface area contributed by atoms with Gasteiger partial charge < -0.3 is 5.32 Å². The standard InChI is InChI=1S/C12H7ClFN3/c13-9-3-4-15-12-11(9)16-6-7-5-8(14)1-2-10(7)17-12/h1-6H,(H,15,17). The molecule has 17 heavy (non-hydrogen) atoms. The van der Waals surface area contributed by atoms with Crippen LogP contribution in [0.15, 0.2) is 35.5 Å². The van der Waals surface area contributed by atoms with Crippen molar-refractivity contribution in [2.45, 2.75) is 0 Å². The smallest absolute Gasteiger partial charge is 0.157 e. The van der Waals surface area contributed by atoms with Gasteiger partial charge in [-0.05, 0) is 24.3 Å². The number of rotatable bonds is 0. The largest absolute Gasteiger partial charge is 0.338 e. The first-order valence-electron chi connectivity index (χ1n) is 4.99. The zero-order valence-electron chi connectivity index (χ0n) is 8.61. The average molecular weight is 248 g/mol. The van der Waals surface area contributed by atoms with Crippen LogP contribution in [0.2, 0.25) is 5.02 Å². The maximum atomic E-state index is 13.1. The first kappa shape index (κ1) is 10.2. The molecule has 1 aromatic carbocycles. The SMILES string of the molecule is Fc1ccc2c(c1)C=Nc1c(Cl)ccnc1N2. The van der Waals surface area contributed by atoms with Crippen LogP contribution in [0.5, 0.6) is 0 Å². The Balaban J connectivity index is 2.19. The molecule has 3 rings (SSSR count). The molecule has 5 heteroatoms. The molecule has 3 nitrogen and oxygen atoms in total. The van der Waals surface area contributed by atoms with Gasteiger partial charge in [0.15, 0.2) is 5.82 Å². The molecule has 2 aromatic rings. The van der Waals surface area contributed by atoms with Crippen LogP contribution in [0.25, 0.3) is 0 Å². The number of aliphatic imine (C=N–C) groups is 1. The molecule has 84 valence electrons. The van der Waals surface area contributed by atoms with Crippen molar-refractivity contribution in [3.8, 4) is 0 Å². The number of halogens is 2. The van der Waals surface area contributed by atoms with E-state index in [4.69, 9.17) is 11.6 Å². The third-order valence-corrected chi connectivity index (χ3v) is 2.78. The second kappa shape index (κ2) is 3.82. The van der Waals surface area contributed by atoms with Crippen molar-refractivity contribution in [1.29, 1.82) is 0 Å². The van der Waals surface area contributed by atoms with Crippen LogP contribution in [0.1, 0.15) is 5.56 Å². The Morgan fingerprint density at radius 2 is 2.12 bits per heavy atom. The molecule has 0 saturated carbocycles. The Morgan fingerprint density at radius 3 is 3.00 bits per heavy atom. The number of nitrogens with zero attached hydrogens (tertiary/aromatic N) is 2. The molecule has 0 saturated heterocycles. The van der Waals surface area contributed by atoms with E-state index in [-0.39, 0.29) is 5.82 Å². The lowest BCUT2D eigenvalue weighted by atomic mass is 10.2. The van der Waals surface area contributed by atoms with Gasteiger partial charge >= 0.3 is 0 Å². The number of aromatic nitrogens is 1. The van der Waals surface area contributed by atoms with E-state index in [1.165, 1.54) is 12.1 Å². The highest BCUT2D eigenvalue weighted by Crippen LogP contribution is 2.35. The highest BCUT2D eigenvalue weighted by Gasteiger charge is 2.13. The summed E-state index contributed by atoms with van der Waals surface area (Å²) in [5.41, 5.74) is 1.98. The predicted molar refractivity (Wildman–Crippen MR) is 66.2 cm³/mol. The molecule has 0 spiro atoms. The minimum atomic E-state index is -0.304. The van der Waals surface area contributed by atoms with Crippen LogP contribution in [0, 0.1) is 5.82 Å². The minimum absolute atomic E-state index is 0.304. The van der Waals surface area contributed by atoms with E-state index in [9.17, 15) is 4.39 Å². The van der Waals surface area contributed by atoms with E-state index in [2.05, 4.69) is 15.3 Å². The molecule has 0 unspecified atom stereocenters. The summed E-state index contributed by atoms with van der Waals surface area (Å²) in [7, 11) is 0. The van der Waals surface area contributed by atoms with Crippen molar-refractivity contribution in [3.05, 3.63) is 46.9 Å². The van der Waals surface area contributed by atoms with Gasteiger partial charge in [-0.1, -0.05) is 11.6 Å². The summed E-state index contributed by atoms with van der Waals surface area (Å²) in [6.07, 6.45) is 3.17. The second-order valence-electron chi connectivity index (χ2n) is 3.60. The number of fused-ring (bicyclic) bond motifs is 2. The lowest BCUT2D eigenvalue weighted by Gasteiger charge is -2.07. The molecule has 0 aliphatic carbocycles. The quantitative estimate of drug-likeness (QED) is 0.658. The maximum Gasteiger partial charge on any atom is 0.157 e. The van der Waals surface area contributed by atoms with Crippen LogP contribution >= 0.6 is 11.6 Å².